The lowest BCUT2D eigenvalue weighted by Crippen LogP contribution is -2.31. The smallest absolute Gasteiger partial charge is 0.207 e. The molecule has 8 heteroatoms. The highest BCUT2D eigenvalue weighted by atomic mass is 35.7. The van der Waals surface area contributed by atoms with Gasteiger partial charge in [0.05, 0.1) is 9.79 Å². The molecule has 112 valence electrons. The van der Waals surface area contributed by atoms with E-state index < -0.39 is 19.1 Å². The van der Waals surface area contributed by atoms with Gasteiger partial charge in [-0.05, 0) is 37.1 Å². The molecule has 0 spiro atoms. The summed E-state index contributed by atoms with van der Waals surface area (Å²) in [5.41, 5.74) is 0. The molecular weight excluding hydrogens is 322 g/mol. The monoisotopic (exact) mass is 337 g/mol. The summed E-state index contributed by atoms with van der Waals surface area (Å²) >= 11 is 0. The second-order valence-corrected chi connectivity index (χ2v) is 9.23. The Morgan fingerprint density at radius 3 is 1.70 bits per heavy atom. The van der Waals surface area contributed by atoms with Crippen LogP contribution in [0.5, 0.6) is 0 Å². The largest absolute Gasteiger partial charge is 0.261 e. The molecular formula is C12H16ClNO4S2. The van der Waals surface area contributed by atoms with Crippen molar-refractivity contribution in [2.45, 2.75) is 35.5 Å². The highest BCUT2D eigenvalue weighted by Gasteiger charge is 2.25. The minimum Gasteiger partial charge on any atom is -0.207 e. The van der Waals surface area contributed by atoms with Crippen molar-refractivity contribution in [2.24, 2.45) is 0 Å². The molecule has 0 N–H and O–H groups in total. The Hall–Kier alpha value is -0.630. The van der Waals surface area contributed by atoms with Crippen LogP contribution in [-0.2, 0) is 19.1 Å². The van der Waals surface area contributed by atoms with E-state index in [2.05, 4.69) is 0 Å². The molecule has 0 bridgehead atoms. The molecule has 0 radical (unpaired) electrons. The van der Waals surface area contributed by atoms with Crippen molar-refractivity contribution in [1.29, 1.82) is 0 Å². The summed E-state index contributed by atoms with van der Waals surface area (Å²) < 4.78 is 48.6. The van der Waals surface area contributed by atoms with Gasteiger partial charge in [0.2, 0.25) is 10.0 Å². The van der Waals surface area contributed by atoms with Crippen LogP contribution in [0.25, 0.3) is 0 Å². The first-order chi connectivity index (χ1) is 9.32. The Bertz CT molecular complexity index is 660. The third-order valence-corrected chi connectivity index (χ3v) is 6.59. The quantitative estimate of drug-likeness (QED) is 0.792. The van der Waals surface area contributed by atoms with Crippen molar-refractivity contribution >= 4 is 29.8 Å². The van der Waals surface area contributed by atoms with E-state index in [1.807, 2.05) is 0 Å². The summed E-state index contributed by atoms with van der Waals surface area (Å²) in [6.45, 7) is 1.02. The van der Waals surface area contributed by atoms with E-state index in [1.165, 1.54) is 28.6 Å². The average molecular weight is 338 g/mol. The van der Waals surface area contributed by atoms with E-state index in [0.717, 1.165) is 25.7 Å². The van der Waals surface area contributed by atoms with Crippen LogP contribution < -0.4 is 0 Å². The second kappa shape index (κ2) is 6.01. The molecule has 2 rings (SSSR count). The van der Waals surface area contributed by atoms with Crippen molar-refractivity contribution in [3.8, 4) is 0 Å². The number of nitrogens with zero attached hydrogens (tertiary/aromatic N) is 1. The van der Waals surface area contributed by atoms with Gasteiger partial charge in [0, 0.05) is 23.8 Å². The lowest BCUT2D eigenvalue weighted by Gasteiger charge is -2.19. The molecule has 1 fully saturated rings. The lowest BCUT2D eigenvalue weighted by atomic mass is 10.2. The van der Waals surface area contributed by atoms with E-state index in [0.29, 0.717) is 13.1 Å². The van der Waals surface area contributed by atoms with Crippen LogP contribution in [0.15, 0.2) is 34.1 Å². The normalized spacial score (nSPS) is 18.6. The Morgan fingerprint density at radius 1 is 0.800 bits per heavy atom. The fraction of sp³-hybridized carbons (Fsp3) is 0.500. The molecule has 1 heterocycles. The Labute approximate surface area is 124 Å². The van der Waals surface area contributed by atoms with Crippen molar-refractivity contribution in [2.75, 3.05) is 13.1 Å². The first-order valence-electron chi connectivity index (χ1n) is 6.37. The molecule has 1 aromatic rings. The van der Waals surface area contributed by atoms with Gasteiger partial charge in [-0.25, -0.2) is 16.8 Å². The predicted octanol–water partition coefficient (Wildman–Crippen LogP) is 2.18. The molecule has 1 saturated heterocycles. The molecule has 0 unspecified atom stereocenters. The number of hydrogen-bond donors (Lipinski definition) is 0. The molecule has 0 aromatic heterocycles. The van der Waals surface area contributed by atoms with Gasteiger partial charge in [0.15, 0.2) is 0 Å². The Kier molecular flexibility index (Phi) is 4.73. The van der Waals surface area contributed by atoms with E-state index >= 15 is 0 Å². The molecule has 0 atom stereocenters. The molecule has 0 amide bonds. The lowest BCUT2D eigenvalue weighted by molar-refractivity contribution is 0.423. The summed E-state index contributed by atoms with van der Waals surface area (Å²) in [5, 5.41) is 0. The van der Waals surface area contributed by atoms with Crippen LogP contribution >= 0.6 is 10.7 Å². The highest BCUT2D eigenvalue weighted by Crippen LogP contribution is 2.22. The molecule has 1 aliphatic heterocycles. The summed E-state index contributed by atoms with van der Waals surface area (Å²) in [5.74, 6) is 0. The zero-order valence-corrected chi connectivity index (χ0v) is 13.2. The zero-order valence-electron chi connectivity index (χ0n) is 10.8. The topological polar surface area (TPSA) is 71.5 Å². The fourth-order valence-corrected chi connectivity index (χ4v) is 4.49. The minimum absolute atomic E-state index is 0.100. The SMILES string of the molecule is O=S(=O)(Cl)c1ccc(S(=O)(=O)N2CCCCCC2)cc1. The maximum Gasteiger partial charge on any atom is 0.261 e. The standard InChI is InChI=1S/C12H16ClNO4S2/c13-19(15,16)11-5-7-12(8-6-11)20(17,18)14-9-3-1-2-4-10-14/h5-8H,1-4,9-10H2. The molecule has 0 saturated carbocycles. The summed E-state index contributed by atoms with van der Waals surface area (Å²) in [6.07, 6.45) is 3.78. The van der Waals surface area contributed by atoms with Crippen molar-refractivity contribution in [1.82, 2.24) is 4.31 Å². The number of benzene rings is 1. The summed E-state index contributed by atoms with van der Waals surface area (Å²) in [6, 6.07) is 5.01. The molecule has 20 heavy (non-hydrogen) atoms. The Balaban J connectivity index is 2.29. The number of sulfonamides is 1. The minimum atomic E-state index is -3.83. The third-order valence-electron chi connectivity index (χ3n) is 3.31. The van der Waals surface area contributed by atoms with Crippen LogP contribution in [0.4, 0.5) is 0 Å². The van der Waals surface area contributed by atoms with Crippen molar-refractivity contribution < 1.29 is 16.8 Å². The van der Waals surface area contributed by atoms with Gasteiger partial charge in [-0.1, -0.05) is 12.8 Å². The maximum absolute atomic E-state index is 12.4. The first-order valence-corrected chi connectivity index (χ1v) is 10.1. The van der Waals surface area contributed by atoms with Crippen LogP contribution in [-0.4, -0.2) is 34.2 Å². The van der Waals surface area contributed by atoms with Crippen LogP contribution in [0.2, 0.25) is 0 Å². The van der Waals surface area contributed by atoms with Crippen LogP contribution in [0.1, 0.15) is 25.7 Å². The van der Waals surface area contributed by atoms with E-state index in [9.17, 15) is 16.8 Å². The van der Waals surface area contributed by atoms with Crippen LogP contribution in [0, 0.1) is 0 Å². The summed E-state index contributed by atoms with van der Waals surface area (Å²) in [4.78, 5) is -0.00236. The fourth-order valence-electron chi connectivity index (χ4n) is 2.21. The maximum atomic E-state index is 12.4. The number of halogens is 1. The van der Waals surface area contributed by atoms with Crippen molar-refractivity contribution in [3.63, 3.8) is 0 Å². The first kappa shape index (κ1) is 15.8. The van der Waals surface area contributed by atoms with Gasteiger partial charge in [0.1, 0.15) is 0 Å². The van der Waals surface area contributed by atoms with Crippen LogP contribution in [0.3, 0.4) is 0 Å². The summed E-state index contributed by atoms with van der Waals surface area (Å²) in [7, 11) is -2.18. The van der Waals surface area contributed by atoms with Gasteiger partial charge in [0.25, 0.3) is 9.05 Å². The molecule has 1 aromatic carbocycles. The number of rotatable bonds is 3. The second-order valence-electron chi connectivity index (χ2n) is 4.73. The molecule has 1 aliphatic rings. The predicted molar refractivity (Wildman–Crippen MR) is 76.7 cm³/mol. The van der Waals surface area contributed by atoms with E-state index in [4.69, 9.17) is 10.7 Å². The number of hydrogen-bond acceptors (Lipinski definition) is 4. The Morgan fingerprint density at radius 2 is 1.25 bits per heavy atom. The average Bonchev–Trinajstić information content (AvgIpc) is 2.67. The van der Waals surface area contributed by atoms with E-state index in [-0.39, 0.29) is 9.79 Å². The third kappa shape index (κ3) is 3.52. The molecule has 0 aliphatic carbocycles. The van der Waals surface area contributed by atoms with Gasteiger partial charge in [-0.2, -0.15) is 4.31 Å². The molecule has 5 nitrogen and oxygen atoms in total. The highest BCUT2D eigenvalue weighted by molar-refractivity contribution is 8.13. The van der Waals surface area contributed by atoms with E-state index in [1.54, 1.807) is 0 Å². The van der Waals surface area contributed by atoms with Gasteiger partial charge >= 0.3 is 0 Å². The van der Waals surface area contributed by atoms with Crippen molar-refractivity contribution in [3.05, 3.63) is 24.3 Å². The van der Waals surface area contributed by atoms with Gasteiger partial charge in [-0.3, -0.25) is 0 Å². The zero-order chi connectivity index (χ0) is 14.8. The van der Waals surface area contributed by atoms with Gasteiger partial charge < -0.3 is 0 Å². The van der Waals surface area contributed by atoms with Gasteiger partial charge in [-0.15, -0.1) is 0 Å².